The van der Waals surface area contributed by atoms with Gasteiger partial charge in [0.1, 0.15) is 11.6 Å². The van der Waals surface area contributed by atoms with Gasteiger partial charge in [-0.25, -0.2) is 9.59 Å². The van der Waals surface area contributed by atoms with E-state index in [0.29, 0.717) is 19.6 Å². The van der Waals surface area contributed by atoms with E-state index in [4.69, 9.17) is 14.2 Å². The number of carbonyl (C=O) groups is 3. The lowest BCUT2D eigenvalue weighted by Crippen LogP contribution is -2.57. The number of ether oxygens (including phenoxy) is 3. The Labute approximate surface area is 363 Å². The van der Waals surface area contributed by atoms with Crippen molar-refractivity contribution in [2.75, 3.05) is 38.3 Å². The lowest BCUT2D eigenvalue weighted by atomic mass is 9.84. The van der Waals surface area contributed by atoms with Gasteiger partial charge in [-0.1, -0.05) is 122 Å². The fourth-order valence-corrected chi connectivity index (χ4v) is 8.99. The molecule has 3 heterocycles. The van der Waals surface area contributed by atoms with E-state index in [1.807, 2.05) is 109 Å². The molecule has 0 aliphatic carbocycles. The van der Waals surface area contributed by atoms with Gasteiger partial charge in [0.2, 0.25) is 5.91 Å². The van der Waals surface area contributed by atoms with E-state index in [-0.39, 0.29) is 37.2 Å². The van der Waals surface area contributed by atoms with Crippen LogP contribution >= 0.6 is 0 Å². The van der Waals surface area contributed by atoms with Crippen molar-refractivity contribution in [3.05, 3.63) is 161 Å². The molecule has 12 nitrogen and oxygen atoms in total. The molecule has 5 atom stereocenters. The zero-order chi connectivity index (χ0) is 43.1. The smallest absolute Gasteiger partial charge is 0.328 e. The van der Waals surface area contributed by atoms with Crippen LogP contribution in [-0.4, -0.2) is 79.0 Å². The molecule has 3 aliphatic rings. The van der Waals surface area contributed by atoms with Crippen LogP contribution in [0.3, 0.4) is 0 Å². The minimum Gasteiger partial charge on any atom is -0.467 e. The van der Waals surface area contributed by atoms with Crippen molar-refractivity contribution in [3.8, 4) is 11.1 Å². The van der Waals surface area contributed by atoms with Crippen LogP contribution in [0.15, 0.2) is 133 Å². The summed E-state index contributed by atoms with van der Waals surface area (Å²) >= 11 is 0. The van der Waals surface area contributed by atoms with E-state index in [9.17, 15) is 19.5 Å². The van der Waals surface area contributed by atoms with Crippen molar-refractivity contribution >= 4 is 23.6 Å². The van der Waals surface area contributed by atoms with Crippen molar-refractivity contribution in [2.24, 2.45) is 5.92 Å². The van der Waals surface area contributed by atoms with Crippen molar-refractivity contribution in [1.82, 2.24) is 20.9 Å². The molecule has 3 fully saturated rings. The van der Waals surface area contributed by atoms with E-state index >= 15 is 0 Å². The van der Waals surface area contributed by atoms with E-state index in [2.05, 4.69) is 56.9 Å². The summed E-state index contributed by atoms with van der Waals surface area (Å²) in [4.78, 5) is 43.4. The van der Waals surface area contributed by atoms with Crippen molar-refractivity contribution in [3.63, 3.8) is 0 Å². The quantitative estimate of drug-likeness (QED) is 0.0960. The number of methoxy groups -OCH3 is 1. The lowest BCUT2D eigenvalue weighted by Gasteiger charge is -2.46. The summed E-state index contributed by atoms with van der Waals surface area (Å²) in [5.74, 6) is -0.393. The number of aliphatic hydroxyl groups excluding tert-OH is 1. The summed E-state index contributed by atoms with van der Waals surface area (Å²) < 4.78 is 18.6. The van der Waals surface area contributed by atoms with Gasteiger partial charge in [-0.3, -0.25) is 4.79 Å². The summed E-state index contributed by atoms with van der Waals surface area (Å²) in [6.07, 6.45) is 0.724. The molecule has 3 saturated heterocycles. The van der Waals surface area contributed by atoms with Gasteiger partial charge in [0.15, 0.2) is 6.29 Å². The molecular formula is C50H55N5O7. The average molecular weight is 838 g/mol. The highest BCUT2D eigenvalue weighted by molar-refractivity contribution is 5.93. The highest BCUT2D eigenvalue weighted by atomic mass is 16.7. The second kappa shape index (κ2) is 19.3. The van der Waals surface area contributed by atoms with Gasteiger partial charge >= 0.3 is 12.0 Å². The van der Waals surface area contributed by atoms with E-state index in [0.717, 1.165) is 70.6 Å². The minimum atomic E-state index is -0.824. The Kier molecular flexibility index (Phi) is 13.3. The standard InChI is InChI=1S/C50H55N5O7/c1-34-44(31-54-26-24-50(25-27-54)48(58)52-33-55(50)42-14-7-4-8-15-42)61-47(62-45(34)39-18-16-36(32-56)17-19-39)40-22-20-38(21-23-40)41-13-9-12-37(28-41)30-51-49(59)53-43(46(57)60-2)29-35-10-5-3-6-11-35/h3-23,28,34,43-45,47,56H,24-27,29-33H2,1-2H3,(H,52,58)(H2,51,53,59)/t34-,43+,44+,45+,47+/m1/s1. The van der Waals surface area contributed by atoms with Crippen LogP contribution in [0, 0.1) is 5.92 Å². The predicted octanol–water partition coefficient (Wildman–Crippen LogP) is 6.65. The molecule has 5 aromatic rings. The van der Waals surface area contributed by atoms with Gasteiger partial charge in [-0.05, 0) is 64.4 Å². The lowest BCUT2D eigenvalue weighted by molar-refractivity contribution is -0.276. The first-order valence-corrected chi connectivity index (χ1v) is 21.4. The number of likely N-dealkylation sites (tertiary alicyclic amines) is 1. The second-order valence-electron chi connectivity index (χ2n) is 16.5. The molecule has 8 rings (SSSR count). The van der Waals surface area contributed by atoms with E-state index < -0.39 is 29.9 Å². The fourth-order valence-electron chi connectivity index (χ4n) is 8.99. The third-order valence-corrected chi connectivity index (χ3v) is 12.6. The first-order valence-electron chi connectivity index (χ1n) is 21.4. The summed E-state index contributed by atoms with van der Waals surface area (Å²) in [5.41, 5.74) is 7.04. The Balaban J connectivity index is 0.935. The number of urea groups is 1. The SMILES string of the molecule is COC(=O)[C@H](Cc1ccccc1)NC(=O)NCc1cccc(-c2ccc([C@H]3O[C@@H](CN4CCC5(CC4)C(=O)NCN5c4ccccc4)[C@@H](C)[C@@H](c4ccc(CO)cc4)O3)cc2)c1. The Morgan fingerprint density at radius 3 is 2.19 bits per heavy atom. The number of esters is 1. The maximum Gasteiger partial charge on any atom is 0.328 e. The Hall–Kier alpha value is -6.05. The molecule has 0 unspecified atom stereocenters. The van der Waals surface area contributed by atoms with Gasteiger partial charge in [0, 0.05) is 49.8 Å². The second-order valence-corrected chi connectivity index (χ2v) is 16.5. The third kappa shape index (κ3) is 9.54. The zero-order valence-corrected chi connectivity index (χ0v) is 35.2. The van der Waals surface area contributed by atoms with Crippen molar-refractivity contribution < 1.29 is 33.7 Å². The molecule has 0 bridgehead atoms. The molecule has 0 radical (unpaired) electrons. The van der Waals surface area contributed by atoms with Gasteiger partial charge in [-0.15, -0.1) is 0 Å². The Bertz CT molecular complexity index is 2280. The van der Waals surface area contributed by atoms with Crippen LogP contribution in [0.5, 0.6) is 0 Å². The molecule has 322 valence electrons. The number of para-hydroxylation sites is 1. The number of hydrogen-bond acceptors (Lipinski definition) is 9. The summed E-state index contributed by atoms with van der Waals surface area (Å²) in [6, 6.07) is 42.5. The van der Waals surface area contributed by atoms with Gasteiger partial charge in [0.05, 0.1) is 32.6 Å². The number of nitrogens with zero attached hydrogens (tertiary/aromatic N) is 2. The number of piperidine rings is 1. The first kappa shape index (κ1) is 42.6. The normalized spacial score (nSPS) is 21.5. The fraction of sp³-hybridized carbons (Fsp3) is 0.340. The van der Waals surface area contributed by atoms with Gasteiger partial charge in [-0.2, -0.15) is 0 Å². The minimum absolute atomic E-state index is 0.0191. The molecule has 3 aliphatic heterocycles. The third-order valence-electron chi connectivity index (χ3n) is 12.6. The Morgan fingerprint density at radius 1 is 0.823 bits per heavy atom. The number of nitrogens with one attached hydrogen (secondary N) is 3. The molecule has 5 aromatic carbocycles. The van der Waals surface area contributed by atoms with Crippen LogP contribution in [0.25, 0.3) is 11.1 Å². The largest absolute Gasteiger partial charge is 0.467 e. The van der Waals surface area contributed by atoms with Gasteiger partial charge in [0.25, 0.3) is 0 Å². The number of carbonyl (C=O) groups excluding carboxylic acids is 3. The van der Waals surface area contributed by atoms with E-state index in [1.165, 1.54) is 7.11 Å². The highest BCUT2D eigenvalue weighted by Gasteiger charge is 2.51. The maximum atomic E-state index is 13.4. The van der Waals surface area contributed by atoms with Crippen LogP contribution in [-0.2, 0) is 43.4 Å². The van der Waals surface area contributed by atoms with Gasteiger partial charge < -0.3 is 45.1 Å². The molecular weight excluding hydrogens is 783 g/mol. The van der Waals surface area contributed by atoms with Crippen LogP contribution in [0.2, 0.25) is 0 Å². The van der Waals surface area contributed by atoms with Crippen LogP contribution in [0.4, 0.5) is 10.5 Å². The molecule has 0 aromatic heterocycles. The molecule has 4 N–H and O–H groups in total. The van der Waals surface area contributed by atoms with Crippen molar-refractivity contribution in [2.45, 2.75) is 69.4 Å². The number of benzene rings is 5. The monoisotopic (exact) mass is 837 g/mol. The van der Waals surface area contributed by atoms with Crippen LogP contribution in [0.1, 0.15) is 60.0 Å². The number of hydrogen-bond donors (Lipinski definition) is 4. The summed E-state index contributed by atoms with van der Waals surface area (Å²) in [7, 11) is 1.31. The number of aliphatic hydroxyl groups is 1. The maximum absolute atomic E-state index is 13.4. The average Bonchev–Trinajstić information content (AvgIpc) is 3.63. The number of amides is 3. The first-order chi connectivity index (χ1) is 30.2. The summed E-state index contributed by atoms with van der Waals surface area (Å²) in [5, 5.41) is 18.5. The number of anilines is 1. The van der Waals surface area contributed by atoms with E-state index in [1.54, 1.807) is 0 Å². The molecule has 1 spiro atoms. The zero-order valence-electron chi connectivity index (χ0n) is 35.2. The summed E-state index contributed by atoms with van der Waals surface area (Å²) in [6.45, 7) is 5.15. The highest BCUT2D eigenvalue weighted by Crippen LogP contribution is 2.43. The molecule has 12 heteroatoms. The molecule has 62 heavy (non-hydrogen) atoms. The topological polar surface area (TPSA) is 142 Å². The number of rotatable bonds is 13. The predicted molar refractivity (Wildman–Crippen MR) is 237 cm³/mol. The molecule has 3 amide bonds. The Morgan fingerprint density at radius 2 is 1.50 bits per heavy atom. The van der Waals surface area contributed by atoms with Crippen LogP contribution < -0.4 is 20.9 Å². The molecule has 0 saturated carbocycles. The van der Waals surface area contributed by atoms with Crippen molar-refractivity contribution in [1.29, 1.82) is 0 Å².